The van der Waals surface area contributed by atoms with Crippen LogP contribution in [0.4, 0.5) is 0 Å². The van der Waals surface area contributed by atoms with Gasteiger partial charge in [-0.25, -0.2) is 0 Å². The summed E-state index contributed by atoms with van der Waals surface area (Å²) in [4.78, 5) is 11.8. The van der Waals surface area contributed by atoms with Crippen LogP contribution in [-0.4, -0.2) is 28.2 Å². The third-order valence-electron chi connectivity index (χ3n) is 8.13. The molecule has 2 N–H and O–H groups in total. The maximum absolute atomic E-state index is 11.8. The lowest BCUT2D eigenvalue weighted by molar-refractivity contribution is -0.118. The molecule has 4 aliphatic carbocycles. The lowest BCUT2D eigenvalue weighted by Gasteiger charge is -2.58. The van der Waals surface area contributed by atoms with Crippen LogP contribution in [0.2, 0.25) is 0 Å². The van der Waals surface area contributed by atoms with Gasteiger partial charge in [-0.1, -0.05) is 18.6 Å². The molecule has 126 valence electrons. The predicted octanol–water partition coefficient (Wildman–Crippen LogP) is 3.02. The average Bonchev–Trinajstić information content (AvgIpc) is 2.77. The minimum Gasteiger partial charge on any atom is -0.395 e. The van der Waals surface area contributed by atoms with E-state index in [4.69, 9.17) is 0 Å². The van der Waals surface area contributed by atoms with Crippen LogP contribution in [0, 0.1) is 28.6 Å². The van der Waals surface area contributed by atoms with Gasteiger partial charge in [0.2, 0.25) is 0 Å². The van der Waals surface area contributed by atoms with Gasteiger partial charge in [-0.3, -0.25) is 4.79 Å². The molecule has 4 aliphatic rings. The lowest BCUT2D eigenvalue weighted by atomic mass is 9.47. The van der Waals surface area contributed by atoms with Crippen molar-refractivity contribution in [2.45, 2.75) is 58.0 Å². The predicted molar refractivity (Wildman–Crippen MR) is 88.7 cm³/mol. The van der Waals surface area contributed by atoms with Crippen LogP contribution in [-0.2, 0) is 4.79 Å². The van der Waals surface area contributed by atoms with E-state index in [1.165, 1.54) is 0 Å². The molecule has 0 aromatic carbocycles. The van der Waals surface area contributed by atoms with Gasteiger partial charge in [0.1, 0.15) is 0 Å². The monoisotopic (exact) mass is 316 g/mol. The number of ketones is 1. The number of aliphatic hydroxyl groups is 2. The minimum atomic E-state index is -0.566. The molecule has 3 nitrogen and oxygen atoms in total. The van der Waals surface area contributed by atoms with Crippen LogP contribution in [0.15, 0.2) is 23.8 Å². The Bertz CT molecular complexity index is 602. The van der Waals surface area contributed by atoms with Gasteiger partial charge in [0.15, 0.2) is 5.78 Å². The molecule has 6 atom stereocenters. The van der Waals surface area contributed by atoms with Crippen molar-refractivity contribution in [3.05, 3.63) is 23.8 Å². The summed E-state index contributed by atoms with van der Waals surface area (Å²) in [6.45, 7) is 4.39. The van der Waals surface area contributed by atoms with Gasteiger partial charge in [-0.05, 0) is 80.8 Å². The smallest absolute Gasteiger partial charge is 0.178 e. The van der Waals surface area contributed by atoms with E-state index in [0.717, 1.165) is 44.1 Å². The zero-order valence-corrected chi connectivity index (χ0v) is 14.2. The van der Waals surface area contributed by atoms with Crippen molar-refractivity contribution in [3.63, 3.8) is 0 Å². The van der Waals surface area contributed by atoms with Crippen LogP contribution >= 0.6 is 0 Å². The molecule has 0 spiro atoms. The third kappa shape index (κ3) is 1.87. The molecule has 0 bridgehead atoms. The molecule has 0 saturated heterocycles. The van der Waals surface area contributed by atoms with Crippen LogP contribution in [0.25, 0.3) is 0 Å². The standard InChI is InChI=1S/C20H28O3/c1-18-8-6-17-15(16(18)7-9-19(18,2)23)4-3-13-11-14(22)5-10-20(13,17)12-21/h5,10-11,15-17,21,23H,3-4,6-9,12H2,1-2H3/t15-,16-,17-,18-,19-,20+/m0/s1. The first-order chi connectivity index (χ1) is 10.8. The van der Waals surface area contributed by atoms with Crippen LogP contribution in [0.5, 0.6) is 0 Å². The summed E-state index contributed by atoms with van der Waals surface area (Å²) in [6.07, 6.45) is 11.5. The van der Waals surface area contributed by atoms with Crippen LogP contribution in [0.3, 0.4) is 0 Å². The molecular formula is C20H28O3. The number of rotatable bonds is 1. The van der Waals surface area contributed by atoms with E-state index in [0.29, 0.717) is 17.8 Å². The van der Waals surface area contributed by atoms with Crippen molar-refractivity contribution < 1.29 is 15.0 Å². The fourth-order valence-corrected chi connectivity index (χ4v) is 6.53. The first kappa shape index (κ1) is 15.6. The fraction of sp³-hybridized carbons (Fsp3) is 0.750. The molecule has 23 heavy (non-hydrogen) atoms. The molecule has 0 aromatic heterocycles. The molecular weight excluding hydrogens is 288 g/mol. The number of carbonyl (C=O) groups excluding carboxylic acids is 1. The quantitative estimate of drug-likeness (QED) is 0.782. The SMILES string of the molecule is C[C@]1(O)CC[C@H]2[C@@H]3CCC4=CC(=O)C=C[C@]4(CO)[C@H]3CC[C@@]21C. The number of allylic oxidation sites excluding steroid dienone is 2. The van der Waals surface area contributed by atoms with E-state index < -0.39 is 5.60 Å². The molecule has 3 fully saturated rings. The first-order valence-electron chi connectivity index (χ1n) is 9.11. The zero-order chi connectivity index (χ0) is 16.5. The molecule has 0 heterocycles. The Morgan fingerprint density at radius 3 is 2.65 bits per heavy atom. The minimum absolute atomic E-state index is 0.000229. The summed E-state index contributed by atoms with van der Waals surface area (Å²) in [6, 6.07) is 0. The second-order valence-electron chi connectivity index (χ2n) is 8.79. The van der Waals surface area contributed by atoms with Crippen molar-refractivity contribution in [2.75, 3.05) is 6.61 Å². The van der Waals surface area contributed by atoms with Crippen molar-refractivity contribution in [3.8, 4) is 0 Å². The van der Waals surface area contributed by atoms with Gasteiger partial charge in [0.05, 0.1) is 12.2 Å². The second kappa shape index (κ2) is 4.80. The van der Waals surface area contributed by atoms with Gasteiger partial charge >= 0.3 is 0 Å². The molecule has 0 aliphatic heterocycles. The Morgan fingerprint density at radius 2 is 1.91 bits per heavy atom. The maximum Gasteiger partial charge on any atom is 0.178 e. The molecule has 0 aromatic rings. The molecule has 0 radical (unpaired) electrons. The highest BCUT2D eigenvalue weighted by atomic mass is 16.3. The topological polar surface area (TPSA) is 57.5 Å². The maximum atomic E-state index is 11.8. The number of aliphatic hydroxyl groups excluding tert-OH is 1. The number of hydrogen-bond acceptors (Lipinski definition) is 3. The molecule has 4 rings (SSSR count). The zero-order valence-electron chi connectivity index (χ0n) is 14.2. The normalized spacial score (nSPS) is 51.7. The summed E-state index contributed by atoms with van der Waals surface area (Å²) < 4.78 is 0. The Kier molecular flexibility index (Phi) is 3.25. The van der Waals surface area contributed by atoms with Crippen molar-refractivity contribution >= 4 is 5.78 Å². The fourth-order valence-electron chi connectivity index (χ4n) is 6.53. The van der Waals surface area contributed by atoms with Crippen molar-refractivity contribution in [1.82, 2.24) is 0 Å². The van der Waals surface area contributed by atoms with E-state index in [9.17, 15) is 15.0 Å². The van der Waals surface area contributed by atoms with Crippen LogP contribution < -0.4 is 0 Å². The first-order valence-corrected chi connectivity index (χ1v) is 9.11. The van der Waals surface area contributed by atoms with E-state index in [1.54, 1.807) is 12.2 Å². The number of hydrogen-bond donors (Lipinski definition) is 2. The summed E-state index contributed by atoms with van der Waals surface area (Å²) in [7, 11) is 0. The number of fused-ring (bicyclic) bond motifs is 5. The van der Waals surface area contributed by atoms with E-state index >= 15 is 0 Å². The largest absolute Gasteiger partial charge is 0.395 e. The summed E-state index contributed by atoms with van der Waals surface area (Å²) in [5.74, 6) is 1.55. The second-order valence-corrected chi connectivity index (χ2v) is 8.79. The van der Waals surface area contributed by atoms with Crippen LogP contribution in [0.1, 0.15) is 52.4 Å². The summed E-state index contributed by atoms with van der Waals surface area (Å²) in [5, 5.41) is 21.2. The van der Waals surface area contributed by atoms with Gasteiger partial charge in [-0.15, -0.1) is 0 Å². The Hall–Kier alpha value is -0.930. The Labute approximate surface area is 138 Å². The third-order valence-corrected chi connectivity index (χ3v) is 8.13. The van der Waals surface area contributed by atoms with Crippen molar-refractivity contribution in [1.29, 1.82) is 0 Å². The van der Waals surface area contributed by atoms with E-state index in [1.807, 2.05) is 13.0 Å². The molecule has 0 unspecified atom stereocenters. The highest BCUT2D eigenvalue weighted by molar-refractivity contribution is 6.01. The highest BCUT2D eigenvalue weighted by Gasteiger charge is 2.62. The molecule has 0 amide bonds. The lowest BCUT2D eigenvalue weighted by Crippen LogP contribution is -2.54. The Balaban J connectivity index is 1.73. The molecule has 3 saturated carbocycles. The van der Waals surface area contributed by atoms with E-state index in [-0.39, 0.29) is 23.2 Å². The van der Waals surface area contributed by atoms with Gasteiger partial charge in [-0.2, -0.15) is 0 Å². The van der Waals surface area contributed by atoms with Gasteiger partial charge in [0.25, 0.3) is 0 Å². The Morgan fingerprint density at radius 1 is 1.17 bits per heavy atom. The number of carbonyl (C=O) groups is 1. The van der Waals surface area contributed by atoms with Gasteiger partial charge in [0, 0.05) is 5.41 Å². The molecule has 3 heteroatoms. The average molecular weight is 316 g/mol. The van der Waals surface area contributed by atoms with E-state index in [2.05, 4.69) is 6.92 Å². The highest BCUT2D eigenvalue weighted by Crippen LogP contribution is 2.66. The van der Waals surface area contributed by atoms with Crippen molar-refractivity contribution in [2.24, 2.45) is 28.6 Å². The summed E-state index contributed by atoms with van der Waals surface area (Å²) >= 11 is 0. The summed E-state index contributed by atoms with van der Waals surface area (Å²) in [5.41, 5.74) is 0.248. The van der Waals surface area contributed by atoms with Gasteiger partial charge < -0.3 is 10.2 Å².